The Labute approximate surface area is 126 Å². The molecule has 21 heavy (non-hydrogen) atoms. The Balaban J connectivity index is 2.27. The minimum atomic E-state index is 0.138. The fraction of sp³-hybridized carbons (Fsp3) is 0.250. The Morgan fingerprint density at radius 1 is 1.00 bits per heavy atom. The monoisotopic (exact) mass is 276 g/mol. The molecule has 0 bridgehead atoms. The van der Waals surface area contributed by atoms with Crippen LogP contribution in [0, 0.1) is 0 Å². The Bertz CT molecular complexity index is 806. The van der Waals surface area contributed by atoms with Crippen molar-refractivity contribution in [3.63, 3.8) is 0 Å². The molecule has 0 fully saturated rings. The molecule has 0 aromatic heterocycles. The van der Waals surface area contributed by atoms with Crippen molar-refractivity contribution in [3.05, 3.63) is 70.3 Å². The minimum absolute atomic E-state index is 0.138. The molecule has 2 aromatic carbocycles. The van der Waals surface area contributed by atoms with E-state index in [2.05, 4.69) is 45.0 Å². The molecular weight excluding hydrogens is 256 g/mol. The van der Waals surface area contributed by atoms with Gasteiger partial charge in [0.15, 0.2) is 5.78 Å². The van der Waals surface area contributed by atoms with E-state index in [1.165, 1.54) is 22.1 Å². The van der Waals surface area contributed by atoms with Crippen LogP contribution in [0.15, 0.2) is 59.2 Å². The SMILES string of the molecule is CC(=O)c1cc2ccccc2cc1C1C=C(C)C(C)=C1C. The fourth-order valence-electron chi connectivity index (χ4n) is 3.19. The molecule has 0 saturated carbocycles. The van der Waals surface area contributed by atoms with Crippen LogP contribution < -0.4 is 0 Å². The molecule has 0 radical (unpaired) electrons. The Hall–Kier alpha value is -2.15. The van der Waals surface area contributed by atoms with E-state index in [9.17, 15) is 4.79 Å². The van der Waals surface area contributed by atoms with Gasteiger partial charge in [0, 0.05) is 11.5 Å². The summed E-state index contributed by atoms with van der Waals surface area (Å²) in [4.78, 5) is 12.1. The Morgan fingerprint density at radius 2 is 1.62 bits per heavy atom. The van der Waals surface area contributed by atoms with Gasteiger partial charge < -0.3 is 0 Å². The molecule has 0 spiro atoms. The van der Waals surface area contributed by atoms with Crippen molar-refractivity contribution in [1.82, 2.24) is 0 Å². The third-order valence-electron chi connectivity index (χ3n) is 4.70. The first kappa shape index (κ1) is 13.8. The zero-order valence-electron chi connectivity index (χ0n) is 13.0. The molecule has 1 heteroatoms. The number of benzene rings is 2. The first-order chi connectivity index (χ1) is 9.99. The van der Waals surface area contributed by atoms with Crippen LogP contribution in [0.2, 0.25) is 0 Å². The zero-order valence-corrected chi connectivity index (χ0v) is 13.0. The predicted molar refractivity (Wildman–Crippen MR) is 88.8 cm³/mol. The molecule has 2 aromatic rings. The van der Waals surface area contributed by atoms with E-state index in [4.69, 9.17) is 0 Å². The summed E-state index contributed by atoms with van der Waals surface area (Å²) in [5, 5.41) is 2.32. The van der Waals surface area contributed by atoms with Gasteiger partial charge in [0.1, 0.15) is 0 Å². The van der Waals surface area contributed by atoms with Gasteiger partial charge in [-0.2, -0.15) is 0 Å². The van der Waals surface area contributed by atoms with Crippen molar-refractivity contribution >= 4 is 16.6 Å². The van der Waals surface area contributed by atoms with Crippen LogP contribution in [0.4, 0.5) is 0 Å². The summed E-state index contributed by atoms with van der Waals surface area (Å²) in [5.74, 6) is 0.368. The molecule has 1 atom stereocenters. The summed E-state index contributed by atoms with van der Waals surface area (Å²) in [7, 11) is 0. The number of hydrogen-bond donors (Lipinski definition) is 0. The highest BCUT2D eigenvalue weighted by Gasteiger charge is 2.24. The number of carbonyl (C=O) groups is 1. The predicted octanol–water partition coefficient (Wildman–Crippen LogP) is 5.42. The standard InChI is InChI=1S/C20H20O/c1-12-9-18(14(3)13(12)2)20-11-17-8-6-5-7-16(17)10-19(20)15(4)21/h5-11,18H,1-4H3. The molecule has 3 rings (SSSR count). The highest BCUT2D eigenvalue weighted by Crippen LogP contribution is 2.40. The molecule has 0 amide bonds. The highest BCUT2D eigenvalue weighted by atomic mass is 16.1. The first-order valence-corrected chi connectivity index (χ1v) is 7.39. The largest absolute Gasteiger partial charge is 0.295 e. The average Bonchev–Trinajstić information content (AvgIpc) is 2.73. The summed E-state index contributed by atoms with van der Waals surface area (Å²) in [5.41, 5.74) is 6.00. The maximum atomic E-state index is 12.1. The number of carbonyl (C=O) groups excluding carboxylic acids is 1. The number of ketones is 1. The Morgan fingerprint density at radius 3 is 2.14 bits per heavy atom. The van der Waals surface area contributed by atoms with Crippen LogP contribution in [0.5, 0.6) is 0 Å². The lowest BCUT2D eigenvalue weighted by atomic mass is 9.87. The molecular formula is C20H20O. The first-order valence-electron chi connectivity index (χ1n) is 7.39. The van der Waals surface area contributed by atoms with Crippen molar-refractivity contribution in [2.75, 3.05) is 0 Å². The molecule has 106 valence electrons. The minimum Gasteiger partial charge on any atom is -0.295 e. The number of Topliss-reactive ketones (excluding diaryl/α,β-unsaturated/α-hetero) is 1. The summed E-state index contributed by atoms with van der Waals surface area (Å²) >= 11 is 0. The maximum absolute atomic E-state index is 12.1. The van der Waals surface area contributed by atoms with Gasteiger partial charge in [-0.15, -0.1) is 0 Å². The van der Waals surface area contributed by atoms with Crippen molar-refractivity contribution < 1.29 is 4.79 Å². The lowest BCUT2D eigenvalue weighted by Gasteiger charge is -2.16. The van der Waals surface area contributed by atoms with Crippen LogP contribution in [-0.4, -0.2) is 5.78 Å². The lowest BCUT2D eigenvalue weighted by Crippen LogP contribution is -2.04. The third-order valence-corrected chi connectivity index (χ3v) is 4.70. The molecule has 1 nitrogen and oxygen atoms in total. The zero-order chi connectivity index (χ0) is 15.1. The van der Waals surface area contributed by atoms with E-state index in [0.29, 0.717) is 0 Å². The van der Waals surface area contributed by atoms with Crippen molar-refractivity contribution in [2.45, 2.75) is 33.6 Å². The van der Waals surface area contributed by atoms with Crippen LogP contribution >= 0.6 is 0 Å². The summed E-state index contributed by atoms with van der Waals surface area (Å²) in [6, 6.07) is 12.5. The van der Waals surface area contributed by atoms with Gasteiger partial charge in [-0.25, -0.2) is 0 Å². The van der Waals surface area contributed by atoms with Gasteiger partial charge in [0.05, 0.1) is 0 Å². The van der Waals surface area contributed by atoms with Crippen molar-refractivity contribution in [1.29, 1.82) is 0 Å². The molecule has 1 aliphatic carbocycles. The molecule has 0 saturated heterocycles. The average molecular weight is 276 g/mol. The van der Waals surface area contributed by atoms with E-state index in [0.717, 1.165) is 16.5 Å². The van der Waals surface area contributed by atoms with E-state index < -0.39 is 0 Å². The molecule has 1 aliphatic rings. The number of fused-ring (bicyclic) bond motifs is 1. The lowest BCUT2D eigenvalue weighted by molar-refractivity contribution is 0.101. The van der Waals surface area contributed by atoms with Gasteiger partial charge in [-0.05, 0) is 61.7 Å². The number of hydrogen-bond acceptors (Lipinski definition) is 1. The van der Waals surface area contributed by atoms with E-state index in [-0.39, 0.29) is 11.7 Å². The molecule has 0 heterocycles. The highest BCUT2D eigenvalue weighted by molar-refractivity contribution is 6.00. The summed E-state index contributed by atoms with van der Waals surface area (Å²) in [6.07, 6.45) is 2.28. The topological polar surface area (TPSA) is 17.1 Å². The second-order valence-electron chi connectivity index (χ2n) is 5.98. The smallest absolute Gasteiger partial charge is 0.160 e. The molecule has 1 unspecified atom stereocenters. The van der Waals surface area contributed by atoms with Crippen LogP contribution in [0.25, 0.3) is 10.8 Å². The van der Waals surface area contributed by atoms with Gasteiger partial charge in [-0.3, -0.25) is 4.79 Å². The van der Waals surface area contributed by atoms with E-state index in [1.807, 2.05) is 18.2 Å². The quantitative estimate of drug-likeness (QED) is 0.669. The fourth-order valence-corrected chi connectivity index (χ4v) is 3.19. The van der Waals surface area contributed by atoms with Gasteiger partial charge in [0.2, 0.25) is 0 Å². The number of rotatable bonds is 2. The van der Waals surface area contributed by atoms with E-state index >= 15 is 0 Å². The summed E-state index contributed by atoms with van der Waals surface area (Å²) in [6.45, 7) is 8.14. The van der Waals surface area contributed by atoms with Crippen LogP contribution in [0.3, 0.4) is 0 Å². The normalized spacial score (nSPS) is 18.3. The van der Waals surface area contributed by atoms with Gasteiger partial charge in [-0.1, -0.05) is 41.5 Å². The van der Waals surface area contributed by atoms with Gasteiger partial charge in [0.25, 0.3) is 0 Å². The second-order valence-corrected chi connectivity index (χ2v) is 5.98. The number of allylic oxidation sites excluding steroid dienone is 4. The second kappa shape index (κ2) is 5.00. The van der Waals surface area contributed by atoms with Gasteiger partial charge >= 0.3 is 0 Å². The van der Waals surface area contributed by atoms with Crippen molar-refractivity contribution in [2.24, 2.45) is 0 Å². The van der Waals surface area contributed by atoms with Crippen molar-refractivity contribution in [3.8, 4) is 0 Å². The Kier molecular flexibility index (Phi) is 3.29. The van der Waals surface area contributed by atoms with E-state index in [1.54, 1.807) is 6.92 Å². The van der Waals surface area contributed by atoms with Crippen LogP contribution in [-0.2, 0) is 0 Å². The molecule has 0 aliphatic heterocycles. The maximum Gasteiger partial charge on any atom is 0.160 e. The molecule has 0 N–H and O–H groups in total. The van der Waals surface area contributed by atoms with Crippen LogP contribution in [0.1, 0.15) is 49.5 Å². The summed E-state index contributed by atoms with van der Waals surface area (Å²) < 4.78 is 0. The third kappa shape index (κ3) is 2.23.